The lowest BCUT2D eigenvalue weighted by atomic mass is 9.86. The van der Waals surface area contributed by atoms with Crippen LogP contribution < -0.4 is 47.9 Å². The predicted octanol–water partition coefficient (Wildman–Crippen LogP) is 2.38. The minimum Gasteiger partial charge on any atom is -0.467 e. The van der Waals surface area contributed by atoms with Gasteiger partial charge in [0.1, 0.15) is 65.5 Å². The van der Waals surface area contributed by atoms with Crippen LogP contribution in [-0.4, -0.2) is 149 Å². The van der Waals surface area contributed by atoms with E-state index in [1.165, 1.54) is 39.7 Å². The van der Waals surface area contributed by atoms with Gasteiger partial charge in [0.25, 0.3) is 0 Å². The van der Waals surface area contributed by atoms with Crippen LogP contribution in [0.15, 0.2) is 0 Å². The molecule has 0 spiro atoms. The van der Waals surface area contributed by atoms with Crippen molar-refractivity contribution in [3.05, 3.63) is 0 Å². The highest BCUT2D eigenvalue weighted by Gasteiger charge is 2.47. The summed E-state index contributed by atoms with van der Waals surface area (Å²) in [5.74, 6) is -7.55. The lowest BCUT2D eigenvalue weighted by molar-refractivity contribution is -0.147. The molecule has 1 rings (SSSR count). The normalized spacial score (nSPS) is 16.3. The number of rotatable bonds is 29. The molecule has 1 fully saturated rings. The minimum atomic E-state index is -1.64. The van der Waals surface area contributed by atoms with Crippen LogP contribution in [0.1, 0.15) is 169 Å². The number of likely N-dealkylation sites (tertiary alicyclic amines) is 1. The summed E-state index contributed by atoms with van der Waals surface area (Å²) in [6.45, 7) is 28.4. The predicted molar refractivity (Wildman–Crippen MR) is 285 cm³/mol. The van der Waals surface area contributed by atoms with E-state index in [-0.39, 0.29) is 44.1 Å². The number of methoxy groups -OCH3 is 1. The molecule has 0 aliphatic carbocycles. The van der Waals surface area contributed by atoms with Crippen LogP contribution in [0.25, 0.3) is 0 Å². The number of hydrogen-bond acceptors (Lipinski definition) is 13. The SMILES string of the molecule is CCCC(CCC)(NC(=O)CNC(=O)OC(C)(C)C)C(=O)N1CCC[C@H]1C(=O)N[C@H](C(=O)N[C@@H](C)C(=O)N[C@@H](CC(C)C)C(=O)NC(C)(C)C(=O)N[C@H](C(=O)N[C@@H](C)C(=O)N[C@@H](CC(C)C)C(=O)OC)C(C)C)C(C)C. The van der Waals surface area contributed by atoms with Gasteiger partial charge in [-0.15, -0.1) is 0 Å². The first kappa shape index (κ1) is 68.0. The summed E-state index contributed by atoms with van der Waals surface area (Å²) >= 11 is 0. The maximum atomic E-state index is 14.5. The molecule has 0 aromatic heterocycles. The number of alkyl carbamates (subject to hydrolysis) is 1. The van der Waals surface area contributed by atoms with E-state index in [9.17, 15) is 52.7 Å². The van der Waals surface area contributed by atoms with Crippen LogP contribution in [0.2, 0.25) is 0 Å². The van der Waals surface area contributed by atoms with E-state index in [1.54, 1.807) is 48.5 Å². The zero-order valence-electron chi connectivity index (χ0n) is 48.7. The van der Waals surface area contributed by atoms with E-state index in [0.717, 1.165) is 0 Å². The van der Waals surface area contributed by atoms with Gasteiger partial charge in [0.05, 0.1) is 7.11 Å². The van der Waals surface area contributed by atoms with Gasteiger partial charge in [0, 0.05) is 6.54 Å². The van der Waals surface area contributed by atoms with E-state index in [1.807, 2.05) is 41.5 Å². The molecule has 1 aliphatic rings. The third kappa shape index (κ3) is 21.9. The van der Waals surface area contributed by atoms with Crippen LogP contribution in [0, 0.1) is 23.7 Å². The van der Waals surface area contributed by atoms with Crippen LogP contribution in [-0.2, 0) is 57.4 Å². The molecule has 76 heavy (non-hydrogen) atoms. The fourth-order valence-corrected chi connectivity index (χ4v) is 8.66. The molecule has 0 radical (unpaired) electrons. The molecule has 10 amide bonds. The summed E-state index contributed by atoms with van der Waals surface area (Å²) in [5, 5.41) is 23.9. The van der Waals surface area contributed by atoms with Crippen molar-refractivity contribution >= 4 is 65.2 Å². The highest BCUT2D eigenvalue weighted by atomic mass is 16.6. The Kier molecular flexibility index (Phi) is 27.4. The molecule has 7 atom stereocenters. The second kappa shape index (κ2) is 30.6. The van der Waals surface area contributed by atoms with Crippen molar-refractivity contribution in [2.24, 2.45) is 23.7 Å². The molecular formula is C53H94N10O13. The monoisotopic (exact) mass is 1080 g/mol. The van der Waals surface area contributed by atoms with E-state index in [2.05, 4.69) is 47.9 Å². The first-order valence-corrected chi connectivity index (χ1v) is 26.9. The summed E-state index contributed by atoms with van der Waals surface area (Å²) < 4.78 is 10.1. The Balaban J connectivity index is 3.16. The highest BCUT2D eigenvalue weighted by Crippen LogP contribution is 2.29. The van der Waals surface area contributed by atoms with Crippen LogP contribution in [0.4, 0.5) is 4.79 Å². The number of carbonyl (C=O) groups excluding carboxylic acids is 11. The van der Waals surface area contributed by atoms with Gasteiger partial charge in [-0.3, -0.25) is 43.2 Å². The summed E-state index contributed by atoms with van der Waals surface area (Å²) in [5.41, 5.74) is -3.81. The van der Waals surface area contributed by atoms with Crippen molar-refractivity contribution in [2.75, 3.05) is 20.2 Å². The summed E-state index contributed by atoms with van der Waals surface area (Å²) in [4.78, 5) is 150. The second-order valence-corrected chi connectivity index (χ2v) is 23.0. The third-order valence-electron chi connectivity index (χ3n) is 12.6. The Hall–Kier alpha value is -6.03. The summed E-state index contributed by atoms with van der Waals surface area (Å²) in [6, 6.07) is -7.73. The van der Waals surface area contributed by atoms with Crippen molar-refractivity contribution in [1.29, 1.82) is 0 Å². The zero-order chi connectivity index (χ0) is 58.6. The Morgan fingerprint density at radius 2 is 1.07 bits per heavy atom. The number of nitrogens with one attached hydrogen (secondary N) is 9. The van der Waals surface area contributed by atoms with Gasteiger partial charge in [-0.2, -0.15) is 0 Å². The van der Waals surface area contributed by atoms with Crippen molar-refractivity contribution < 1.29 is 62.2 Å². The van der Waals surface area contributed by atoms with Crippen molar-refractivity contribution in [3.8, 4) is 0 Å². The molecule has 1 heterocycles. The van der Waals surface area contributed by atoms with Gasteiger partial charge in [0.2, 0.25) is 53.2 Å². The second-order valence-electron chi connectivity index (χ2n) is 23.0. The van der Waals surface area contributed by atoms with E-state index >= 15 is 0 Å². The van der Waals surface area contributed by atoms with E-state index < -0.39 is 143 Å². The average molecular weight is 1080 g/mol. The van der Waals surface area contributed by atoms with Crippen LogP contribution in [0.3, 0.4) is 0 Å². The smallest absolute Gasteiger partial charge is 0.408 e. The fourth-order valence-electron chi connectivity index (χ4n) is 8.66. The third-order valence-corrected chi connectivity index (χ3v) is 12.6. The fraction of sp³-hybridized carbons (Fsp3) is 0.792. The number of hydrogen-bond donors (Lipinski definition) is 9. The van der Waals surface area contributed by atoms with Gasteiger partial charge < -0.3 is 62.2 Å². The Labute approximate surface area is 450 Å². The molecule has 1 saturated heterocycles. The van der Waals surface area contributed by atoms with Crippen molar-refractivity contribution in [2.45, 2.75) is 228 Å². The first-order valence-electron chi connectivity index (χ1n) is 26.9. The Morgan fingerprint density at radius 3 is 1.51 bits per heavy atom. The maximum Gasteiger partial charge on any atom is 0.408 e. The van der Waals surface area contributed by atoms with Gasteiger partial charge in [-0.05, 0) is 111 Å². The van der Waals surface area contributed by atoms with Crippen LogP contribution in [0.5, 0.6) is 0 Å². The zero-order valence-corrected chi connectivity index (χ0v) is 48.7. The van der Waals surface area contributed by atoms with Gasteiger partial charge in [-0.1, -0.05) is 82.1 Å². The summed E-state index contributed by atoms with van der Waals surface area (Å²) in [6.07, 6.45) is 1.97. The molecule has 0 aromatic carbocycles. The Bertz CT molecular complexity index is 2030. The highest BCUT2D eigenvalue weighted by molar-refractivity contribution is 6.00. The molecule has 434 valence electrons. The Morgan fingerprint density at radius 1 is 0.592 bits per heavy atom. The quantitative estimate of drug-likeness (QED) is 0.0487. The topological polar surface area (TPSA) is 318 Å². The first-order chi connectivity index (χ1) is 35.1. The lowest BCUT2D eigenvalue weighted by Crippen LogP contribution is -2.64. The minimum absolute atomic E-state index is 0.0504. The van der Waals surface area contributed by atoms with Crippen molar-refractivity contribution in [3.63, 3.8) is 0 Å². The molecule has 0 aromatic rings. The average Bonchev–Trinajstić information content (AvgIpc) is 3.79. The number of nitrogens with zero attached hydrogens (tertiary/aromatic N) is 1. The number of ether oxygens (including phenoxy) is 2. The number of amides is 10. The maximum absolute atomic E-state index is 14.5. The summed E-state index contributed by atoms with van der Waals surface area (Å²) in [7, 11) is 1.21. The molecular weight excluding hydrogens is 985 g/mol. The van der Waals surface area contributed by atoms with E-state index in [4.69, 9.17) is 9.47 Å². The molecule has 23 heteroatoms. The molecule has 0 bridgehead atoms. The lowest BCUT2D eigenvalue weighted by Gasteiger charge is -2.38. The molecule has 9 N–H and O–H groups in total. The van der Waals surface area contributed by atoms with Gasteiger partial charge in [-0.25, -0.2) is 9.59 Å². The largest absolute Gasteiger partial charge is 0.467 e. The van der Waals surface area contributed by atoms with Gasteiger partial charge >= 0.3 is 12.1 Å². The number of esters is 1. The van der Waals surface area contributed by atoms with Crippen molar-refractivity contribution in [1.82, 2.24) is 52.8 Å². The molecule has 0 saturated carbocycles. The van der Waals surface area contributed by atoms with Crippen LogP contribution >= 0.6 is 0 Å². The molecule has 1 aliphatic heterocycles. The number of carbonyl (C=O) groups is 11. The standard InChI is InChI=1S/C53H94N10O13/c1-19-23-53(24-20-2,61-38(64)28-54-50(74)76-51(13,14)15)49(73)63-25-21-22-37(63)44(68)59-39(31(7)8)45(69)55-33(11)41(65)57-35(26-29(3)4)43(67)62-52(16,17)48(72)60-40(32(9)10)46(70)56-34(12)42(66)58-36(27-30(5)6)47(71)75-18/h29-37,39-40H,19-28H2,1-18H3,(H,54,74)(H,55,69)(H,56,70)(H,57,65)(H,58,66)(H,59,68)(H,60,72)(H,61,64)(H,62,67)/t33-,34-,35-,36-,37-,39-,40-/m0/s1. The molecule has 0 unspecified atom stereocenters. The van der Waals surface area contributed by atoms with E-state index in [0.29, 0.717) is 25.7 Å². The molecule has 23 nitrogen and oxygen atoms in total. The van der Waals surface area contributed by atoms with Gasteiger partial charge in [0.15, 0.2) is 0 Å².